The average Bonchev–Trinajstić information content (AvgIpc) is 3.43. The lowest BCUT2D eigenvalue weighted by Crippen LogP contribution is -2.27. The minimum absolute atomic E-state index is 0.0102. The van der Waals surface area contributed by atoms with Gasteiger partial charge in [0.05, 0.1) is 27.2 Å². The van der Waals surface area contributed by atoms with Crippen molar-refractivity contribution in [2.24, 2.45) is 0 Å². The Balaban J connectivity index is 1.36. The van der Waals surface area contributed by atoms with E-state index in [9.17, 15) is 14.0 Å². The maximum absolute atomic E-state index is 14.2. The first kappa shape index (κ1) is 26.9. The predicted molar refractivity (Wildman–Crippen MR) is 151 cm³/mol. The molecule has 196 valence electrons. The van der Waals surface area contributed by atoms with Crippen LogP contribution in [-0.2, 0) is 17.9 Å². The molecule has 0 saturated carbocycles. The Morgan fingerprint density at radius 1 is 1.13 bits per heavy atom. The first-order valence-corrected chi connectivity index (χ1v) is 13.7. The molecule has 1 fully saturated rings. The standard InChI is InChI=1S/C26H17Cl2FINO6S/c1-34-22-6-13(5-19(30)24(22)35-11-15-16(27)3-2-4-18(15)29)7-23-25(32)31(26(33)38-23)10-14-8-20-21(9-17(14)28)37-12-36-20/h2-9H,10-12H2,1H3/b23-7-. The lowest BCUT2D eigenvalue weighted by Gasteiger charge is -2.15. The van der Waals surface area contributed by atoms with Crippen LogP contribution in [0.25, 0.3) is 6.08 Å². The fraction of sp³-hybridized carbons (Fsp3) is 0.154. The third-order valence-corrected chi connectivity index (χ3v) is 8.13. The second kappa shape index (κ2) is 11.2. The van der Waals surface area contributed by atoms with E-state index >= 15 is 0 Å². The summed E-state index contributed by atoms with van der Waals surface area (Å²) < 4.78 is 36.8. The molecule has 3 aromatic carbocycles. The maximum Gasteiger partial charge on any atom is 0.293 e. The van der Waals surface area contributed by atoms with Crippen molar-refractivity contribution in [2.45, 2.75) is 13.2 Å². The smallest absolute Gasteiger partial charge is 0.293 e. The van der Waals surface area contributed by atoms with Crippen LogP contribution in [0.4, 0.5) is 9.18 Å². The van der Waals surface area contributed by atoms with Crippen molar-refractivity contribution in [2.75, 3.05) is 13.9 Å². The summed E-state index contributed by atoms with van der Waals surface area (Å²) in [5, 5.41) is 0.204. The quantitative estimate of drug-likeness (QED) is 0.191. The Bertz CT molecular complexity index is 1480. The normalized spacial score (nSPS) is 15.5. The Labute approximate surface area is 244 Å². The number of rotatable bonds is 7. The van der Waals surface area contributed by atoms with E-state index in [0.29, 0.717) is 42.7 Å². The van der Waals surface area contributed by atoms with E-state index in [-0.39, 0.29) is 35.4 Å². The van der Waals surface area contributed by atoms with Crippen LogP contribution >= 0.6 is 57.6 Å². The highest BCUT2D eigenvalue weighted by Gasteiger charge is 2.36. The minimum Gasteiger partial charge on any atom is -0.493 e. The first-order valence-electron chi connectivity index (χ1n) is 11.0. The molecule has 0 aliphatic carbocycles. The Hall–Kier alpha value is -2.67. The first-order chi connectivity index (χ1) is 18.2. The van der Waals surface area contributed by atoms with Gasteiger partial charge in [0.1, 0.15) is 12.4 Å². The number of methoxy groups -OCH3 is 1. The van der Waals surface area contributed by atoms with Gasteiger partial charge in [0.15, 0.2) is 23.0 Å². The van der Waals surface area contributed by atoms with Crippen molar-refractivity contribution < 1.29 is 32.9 Å². The van der Waals surface area contributed by atoms with E-state index in [2.05, 4.69) is 22.6 Å². The number of amides is 2. The van der Waals surface area contributed by atoms with Crippen molar-refractivity contribution in [3.8, 4) is 23.0 Å². The van der Waals surface area contributed by atoms with Crippen molar-refractivity contribution >= 4 is 74.8 Å². The highest BCUT2D eigenvalue weighted by atomic mass is 127. The zero-order valence-electron chi connectivity index (χ0n) is 19.6. The molecule has 2 aliphatic rings. The summed E-state index contributed by atoms with van der Waals surface area (Å²) in [5.74, 6) is 0.879. The van der Waals surface area contributed by atoms with E-state index in [1.807, 2.05) is 0 Å². The molecule has 7 nitrogen and oxygen atoms in total. The molecule has 3 aromatic rings. The topological polar surface area (TPSA) is 74.3 Å². The molecule has 0 spiro atoms. The van der Waals surface area contributed by atoms with Crippen molar-refractivity contribution in [1.82, 2.24) is 4.90 Å². The monoisotopic (exact) mass is 687 g/mol. The van der Waals surface area contributed by atoms with Gasteiger partial charge in [-0.25, -0.2) is 4.39 Å². The number of nitrogens with zero attached hydrogens (tertiary/aromatic N) is 1. The molecule has 0 bridgehead atoms. The molecule has 0 unspecified atom stereocenters. The maximum atomic E-state index is 14.2. The largest absolute Gasteiger partial charge is 0.493 e. The molecular formula is C26H17Cl2FINO6S. The van der Waals surface area contributed by atoms with Gasteiger partial charge in [-0.2, -0.15) is 0 Å². The molecule has 2 aliphatic heterocycles. The molecule has 0 N–H and O–H groups in total. The van der Waals surface area contributed by atoms with Crippen LogP contribution in [0.5, 0.6) is 23.0 Å². The van der Waals surface area contributed by atoms with Crippen LogP contribution in [0.15, 0.2) is 47.4 Å². The Morgan fingerprint density at radius 3 is 2.63 bits per heavy atom. The number of ether oxygens (including phenoxy) is 4. The number of halogens is 4. The lowest BCUT2D eigenvalue weighted by molar-refractivity contribution is -0.123. The second-order valence-corrected chi connectivity index (χ2v) is 11.1. The van der Waals surface area contributed by atoms with E-state index < -0.39 is 17.0 Å². The third-order valence-electron chi connectivity index (χ3n) is 5.72. The molecule has 2 amide bonds. The average molecular weight is 688 g/mol. The molecule has 0 atom stereocenters. The van der Waals surface area contributed by atoms with Gasteiger partial charge in [-0.15, -0.1) is 0 Å². The van der Waals surface area contributed by atoms with Crippen molar-refractivity contribution in [1.29, 1.82) is 0 Å². The molecule has 2 heterocycles. The van der Waals surface area contributed by atoms with Gasteiger partial charge >= 0.3 is 0 Å². The number of fused-ring (bicyclic) bond motifs is 1. The zero-order chi connectivity index (χ0) is 27.0. The summed E-state index contributed by atoms with van der Waals surface area (Å²) in [6.45, 7) is -0.0232. The van der Waals surface area contributed by atoms with Crippen LogP contribution in [-0.4, -0.2) is 29.9 Å². The summed E-state index contributed by atoms with van der Waals surface area (Å²) in [6, 6.07) is 11.1. The van der Waals surface area contributed by atoms with E-state index in [1.165, 1.54) is 19.2 Å². The van der Waals surface area contributed by atoms with Crippen LogP contribution in [0.2, 0.25) is 10.0 Å². The fourth-order valence-corrected chi connectivity index (χ4v) is 5.87. The SMILES string of the molecule is COc1cc(/C=C2\SC(=O)N(Cc3cc4c(cc3Cl)OCO4)C2=O)cc(I)c1OCc1c(F)cccc1Cl. The number of carbonyl (C=O) groups is 2. The van der Waals surface area contributed by atoms with E-state index in [4.69, 9.17) is 42.1 Å². The number of imide groups is 1. The summed E-state index contributed by atoms with van der Waals surface area (Å²) in [5.41, 5.74) is 1.41. The number of carbonyl (C=O) groups excluding carboxylic acids is 2. The van der Waals surface area contributed by atoms with E-state index in [1.54, 1.807) is 36.4 Å². The van der Waals surface area contributed by atoms with Crippen LogP contribution < -0.4 is 18.9 Å². The summed E-state index contributed by atoms with van der Waals surface area (Å²) >= 11 is 15.3. The lowest BCUT2D eigenvalue weighted by atomic mass is 10.1. The summed E-state index contributed by atoms with van der Waals surface area (Å²) in [6.07, 6.45) is 1.61. The summed E-state index contributed by atoms with van der Waals surface area (Å²) in [7, 11) is 1.47. The highest BCUT2D eigenvalue weighted by molar-refractivity contribution is 14.1. The van der Waals surface area contributed by atoms with E-state index in [0.717, 1.165) is 16.7 Å². The third kappa shape index (κ3) is 5.40. The molecule has 5 rings (SSSR count). The molecular weight excluding hydrogens is 671 g/mol. The van der Waals surface area contributed by atoms with Gasteiger partial charge in [0, 0.05) is 16.7 Å². The van der Waals surface area contributed by atoms with Gasteiger partial charge in [-0.1, -0.05) is 29.3 Å². The molecule has 38 heavy (non-hydrogen) atoms. The minimum atomic E-state index is -0.471. The number of hydrogen-bond acceptors (Lipinski definition) is 7. The number of thioether (sulfide) groups is 1. The van der Waals surface area contributed by atoms with Gasteiger partial charge in [-0.3, -0.25) is 14.5 Å². The van der Waals surface area contributed by atoms with Crippen LogP contribution in [0.3, 0.4) is 0 Å². The number of benzene rings is 3. The predicted octanol–water partition coefficient (Wildman–Crippen LogP) is 7.29. The molecule has 0 radical (unpaired) electrons. The fourth-order valence-electron chi connectivity index (χ4n) is 3.82. The second-order valence-electron chi connectivity index (χ2n) is 8.09. The molecule has 12 heteroatoms. The number of hydrogen-bond donors (Lipinski definition) is 0. The Kier molecular flexibility index (Phi) is 7.94. The van der Waals surface area contributed by atoms with Gasteiger partial charge in [-0.05, 0) is 81.9 Å². The molecule has 0 aromatic heterocycles. The van der Waals surface area contributed by atoms with Gasteiger partial charge < -0.3 is 18.9 Å². The van der Waals surface area contributed by atoms with Crippen LogP contribution in [0, 0.1) is 9.39 Å². The van der Waals surface area contributed by atoms with Crippen LogP contribution in [0.1, 0.15) is 16.7 Å². The highest BCUT2D eigenvalue weighted by Crippen LogP contribution is 2.41. The summed E-state index contributed by atoms with van der Waals surface area (Å²) in [4.78, 5) is 27.2. The van der Waals surface area contributed by atoms with Gasteiger partial charge in [0.25, 0.3) is 11.1 Å². The van der Waals surface area contributed by atoms with Crippen molar-refractivity contribution in [3.05, 3.63) is 83.5 Å². The van der Waals surface area contributed by atoms with Gasteiger partial charge in [0.2, 0.25) is 6.79 Å². The molecule has 1 saturated heterocycles. The Morgan fingerprint density at radius 2 is 1.89 bits per heavy atom. The zero-order valence-corrected chi connectivity index (χ0v) is 24.0. The van der Waals surface area contributed by atoms with Crippen molar-refractivity contribution in [3.63, 3.8) is 0 Å².